The maximum absolute atomic E-state index is 12.6. The number of carbonyl (C=O) groups is 3. The Kier molecular flexibility index (Phi) is 40.6. The van der Waals surface area contributed by atoms with Crippen LogP contribution in [0.2, 0.25) is 0 Å². The molecule has 0 spiro atoms. The molecule has 0 aromatic carbocycles. The third-order valence-electron chi connectivity index (χ3n) is 10.5. The van der Waals surface area contributed by atoms with E-state index in [2.05, 4.69) is 30.5 Å². The van der Waals surface area contributed by atoms with Gasteiger partial charge in [0.05, 0.1) is 13.2 Å². The fourth-order valence-electron chi connectivity index (χ4n) is 6.77. The number of rotatable bonds is 45. The van der Waals surface area contributed by atoms with Gasteiger partial charge in [-0.3, -0.25) is 23.4 Å². The summed E-state index contributed by atoms with van der Waals surface area (Å²) in [7, 11) is -4.71. The molecule has 3 atom stereocenters. The van der Waals surface area contributed by atoms with Crippen molar-refractivity contribution in [2.75, 3.05) is 19.8 Å². The molecular weight excluding hydrogens is 757 g/mol. The Bertz CT molecular complexity index is 1040. The van der Waals surface area contributed by atoms with Gasteiger partial charge in [0.2, 0.25) is 0 Å². The lowest BCUT2D eigenvalue weighted by atomic mass is 10.0. The standard InChI is InChI=1S/C46H88NO10P/c1-3-5-7-9-11-13-15-17-19-21-23-25-27-29-31-33-35-37-44(48)54-39-42(40-55-58(52,53)56-41-43(47)46(50)51)57-45(49)38-36-34-32-30-28-26-24-22-20-18-16-14-12-10-8-6-4-2/h18,20,42-43H,3-17,19,21-41,47H2,1-2H3,(H,50,51)(H,52,53)/b20-18+/t42-,43+/m1/s1. The van der Waals surface area contributed by atoms with E-state index in [4.69, 9.17) is 24.8 Å². The van der Waals surface area contributed by atoms with E-state index in [9.17, 15) is 23.8 Å². The molecular formula is C46H88NO10P. The van der Waals surface area contributed by atoms with Crippen molar-refractivity contribution < 1.29 is 47.5 Å². The molecule has 58 heavy (non-hydrogen) atoms. The van der Waals surface area contributed by atoms with Gasteiger partial charge < -0.3 is 25.2 Å². The molecule has 12 heteroatoms. The Morgan fingerprint density at radius 2 is 0.862 bits per heavy atom. The number of hydrogen-bond acceptors (Lipinski definition) is 9. The van der Waals surface area contributed by atoms with Crippen LogP contribution in [0.5, 0.6) is 0 Å². The summed E-state index contributed by atoms with van der Waals surface area (Å²) in [6.07, 6.45) is 42.7. The molecule has 11 nitrogen and oxygen atoms in total. The van der Waals surface area contributed by atoms with Crippen LogP contribution in [0, 0.1) is 0 Å². The molecule has 1 unspecified atom stereocenters. The molecule has 0 aromatic rings. The number of ether oxygens (including phenoxy) is 2. The minimum absolute atomic E-state index is 0.161. The number of hydrogen-bond donors (Lipinski definition) is 3. The second-order valence-corrected chi connectivity index (χ2v) is 17.7. The monoisotopic (exact) mass is 846 g/mol. The molecule has 0 saturated carbocycles. The minimum Gasteiger partial charge on any atom is -0.480 e. The molecule has 0 aliphatic rings. The van der Waals surface area contributed by atoms with Crippen molar-refractivity contribution in [1.82, 2.24) is 0 Å². The molecule has 0 amide bonds. The number of aliphatic carboxylic acids is 1. The van der Waals surface area contributed by atoms with Crippen molar-refractivity contribution in [3.05, 3.63) is 12.2 Å². The number of allylic oxidation sites excluding steroid dienone is 2. The first-order valence-electron chi connectivity index (χ1n) is 23.7. The summed E-state index contributed by atoms with van der Waals surface area (Å²) in [5.41, 5.74) is 5.34. The molecule has 0 aromatic heterocycles. The maximum atomic E-state index is 12.6. The first-order chi connectivity index (χ1) is 28.1. The van der Waals surface area contributed by atoms with E-state index in [-0.39, 0.29) is 19.4 Å². The largest absolute Gasteiger partial charge is 0.480 e. The fourth-order valence-corrected chi connectivity index (χ4v) is 7.55. The Hall–Kier alpha value is -1.78. The highest BCUT2D eigenvalue weighted by Crippen LogP contribution is 2.43. The summed E-state index contributed by atoms with van der Waals surface area (Å²) in [4.78, 5) is 46.0. The zero-order valence-corrected chi connectivity index (χ0v) is 38.1. The van der Waals surface area contributed by atoms with Crippen molar-refractivity contribution in [3.63, 3.8) is 0 Å². The first-order valence-corrected chi connectivity index (χ1v) is 25.2. The van der Waals surface area contributed by atoms with Crippen LogP contribution < -0.4 is 5.73 Å². The highest BCUT2D eigenvalue weighted by Gasteiger charge is 2.28. The van der Waals surface area contributed by atoms with Crippen molar-refractivity contribution in [2.24, 2.45) is 5.73 Å². The molecule has 0 rings (SSSR count). The molecule has 0 fully saturated rings. The zero-order chi connectivity index (χ0) is 42.8. The topological polar surface area (TPSA) is 172 Å². The van der Waals surface area contributed by atoms with E-state index in [0.717, 1.165) is 44.9 Å². The number of esters is 2. The third kappa shape index (κ3) is 41.0. The van der Waals surface area contributed by atoms with Crippen LogP contribution >= 0.6 is 7.82 Å². The second-order valence-electron chi connectivity index (χ2n) is 16.2. The number of phosphoric ester groups is 1. The van der Waals surface area contributed by atoms with Gasteiger partial charge >= 0.3 is 25.7 Å². The summed E-state index contributed by atoms with van der Waals surface area (Å²) in [6, 6.07) is -1.52. The molecule has 342 valence electrons. The van der Waals surface area contributed by atoms with E-state index in [1.54, 1.807) is 0 Å². The van der Waals surface area contributed by atoms with E-state index >= 15 is 0 Å². The lowest BCUT2D eigenvalue weighted by molar-refractivity contribution is -0.161. The van der Waals surface area contributed by atoms with Gasteiger partial charge in [-0.1, -0.05) is 193 Å². The first kappa shape index (κ1) is 56.2. The summed E-state index contributed by atoms with van der Waals surface area (Å²) >= 11 is 0. The summed E-state index contributed by atoms with van der Waals surface area (Å²) in [5.74, 6) is -2.37. The lowest BCUT2D eigenvalue weighted by Gasteiger charge is -2.20. The van der Waals surface area contributed by atoms with Gasteiger partial charge in [0.25, 0.3) is 0 Å². The molecule has 0 radical (unpaired) electrons. The highest BCUT2D eigenvalue weighted by atomic mass is 31.2. The number of carbonyl (C=O) groups excluding carboxylic acids is 2. The Morgan fingerprint density at radius 1 is 0.517 bits per heavy atom. The van der Waals surface area contributed by atoms with Crippen LogP contribution in [0.25, 0.3) is 0 Å². The van der Waals surface area contributed by atoms with Crippen molar-refractivity contribution in [1.29, 1.82) is 0 Å². The average Bonchev–Trinajstić information content (AvgIpc) is 3.20. The van der Waals surface area contributed by atoms with Gasteiger partial charge in [0.15, 0.2) is 6.10 Å². The van der Waals surface area contributed by atoms with Crippen LogP contribution in [0.3, 0.4) is 0 Å². The number of carboxylic acids is 1. The zero-order valence-electron chi connectivity index (χ0n) is 37.2. The van der Waals surface area contributed by atoms with Crippen LogP contribution in [0.15, 0.2) is 12.2 Å². The summed E-state index contributed by atoms with van der Waals surface area (Å²) in [6.45, 7) is 2.83. The number of nitrogens with two attached hydrogens (primary N) is 1. The smallest absolute Gasteiger partial charge is 0.472 e. The van der Waals surface area contributed by atoms with Gasteiger partial charge in [0.1, 0.15) is 12.6 Å². The van der Waals surface area contributed by atoms with Gasteiger partial charge in [-0.15, -0.1) is 0 Å². The fraction of sp³-hybridized carbons (Fsp3) is 0.891. The molecule has 0 aliphatic heterocycles. The van der Waals surface area contributed by atoms with Crippen LogP contribution in [0.4, 0.5) is 0 Å². The SMILES string of the molecule is CCCCCCCC/C=C/CCCCCCCCCC(=O)O[C@H](COC(=O)CCCCCCCCCCCCCCCCCCC)COP(=O)(O)OC[C@H](N)C(=O)O. The third-order valence-corrected chi connectivity index (χ3v) is 11.5. The van der Waals surface area contributed by atoms with Gasteiger partial charge in [-0.05, 0) is 38.5 Å². The predicted octanol–water partition coefficient (Wildman–Crippen LogP) is 12.8. The highest BCUT2D eigenvalue weighted by molar-refractivity contribution is 7.47. The molecule has 0 heterocycles. The van der Waals surface area contributed by atoms with Crippen molar-refractivity contribution in [3.8, 4) is 0 Å². The van der Waals surface area contributed by atoms with E-state index in [1.807, 2.05) is 0 Å². The second kappa shape index (κ2) is 41.9. The Labute approximate surface area is 354 Å². The number of phosphoric acid groups is 1. The number of carboxylic acid groups (broad SMARTS) is 1. The Balaban J connectivity index is 4.28. The Morgan fingerprint density at radius 3 is 1.26 bits per heavy atom. The quantitative estimate of drug-likeness (QED) is 0.0230. The summed E-state index contributed by atoms with van der Waals surface area (Å²) in [5, 5.41) is 8.90. The number of unbranched alkanes of at least 4 members (excludes halogenated alkanes) is 29. The average molecular weight is 846 g/mol. The van der Waals surface area contributed by atoms with E-state index in [1.165, 1.54) is 148 Å². The van der Waals surface area contributed by atoms with E-state index < -0.39 is 51.1 Å². The normalized spacial score (nSPS) is 13.7. The molecule has 0 saturated heterocycles. The van der Waals surface area contributed by atoms with Crippen molar-refractivity contribution in [2.45, 2.75) is 244 Å². The van der Waals surface area contributed by atoms with Crippen LogP contribution in [-0.4, -0.2) is 59.9 Å². The molecule has 0 aliphatic carbocycles. The van der Waals surface area contributed by atoms with Gasteiger partial charge in [-0.25, -0.2) is 4.57 Å². The minimum atomic E-state index is -4.71. The lowest BCUT2D eigenvalue weighted by Crippen LogP contribution is -2.34. The molecule has 4 N–H and O–H groups in total. The molecule has 0 bridgehead atoms. The maximum Gasteiger partial charge on any atom is 0.472 e. The van der Waals surface area contributed by atoms with Gasteiger partial charge in [-0.2, -0.15) is 0 Å². The summed E-state index contributed by atoms with van der Waals surface area (Å²) < 4.78 is 32.8. The van der Waals surface area contributed by atoms with Crippen LogP contribution in [-0.2, 0) is 37.5 Å². The van der Waals surface area contributed by atoms with Crippen LogP contribution in [0.1, 0.15) is 232 Å². The predicted molar refractivity (Wildman–Crippen MR) is 236 cm³/mol. The van der Waals surface area contributed by atoms with Crippen molar-refractivity contribution >= 4 is 25.7 Å². The van der Waals surface area contributed by atoms with Gasteiger partial charge in [0, 0.05) is 12.8 Å². The van der Waals surface area contributed by atoms with E-state index in [0.29, 0.717) is 12.8 Å².